The quantitative estimate of drug-likeness (QED) is 0.745. The summed E-state index contributed by atoms with van der Waals surface area (Å²) < 4.78 is 24.2. The molecular formula is C23H21FN2O5. The highest BCUT2D eigenvalue weighted by molar-refractivity contribution is 6.08. The van der Waals surface area contributed by atoms with Gasteiger partial charge in [0.1, 0.15) is 5.82 Å². The average molecular weight is 424 g/mol. The van der Waals surface area contributed by atoms with Crippen molar-refractivity contribution in [2.24, 2.45) is 5.92 Å². The van der Waals surface area contributed by atoms with Crippen molar-refractivity contribution in [3.05, 3.63) is 70.7 Å². The van der Waals surface area contributed by atoms with Crippen LogP contribution in [-0.2, 0) is 16.1 Å². The van der Waals surface area contributed by atoms with E-state index >= 15 is 0 Å². The Bertz CT molecular complexity index is 1080. The number of fused-ring (bicyclic) bond motifs is 1. The van der Waals surface area contributed by atoms with Crippen molar-refractivity contribution < 1.29 is 28.6 Å². The van der Waals surface area contributed by atoms with E-state index in [0.717, 1.165) is 12.8 Å². The zero-order chi connectivity index (χ0) is 21.5. The van der Waals surface area contributed by atoms with E-state index in [2.05, 4.69) is 5.32 Å². The largest absolute Gasteiger partial charge is 0.503 e. The predicted octanol–water partition coefficient (Wildman–Crippen LogP) is 2.98. The normalized spacial score (nSPS) is 19.8. The van der Waals surface area contributed by atoms with Crippen molar-refractivity contribution >= 4 is 11.8 Å². The summed E-state index contributed by atoms with van der Waals surface area (Å²) in [5.41, 5.74) is 1.28. The molecule has 2 aliphatic heterocycles. The Balaban J connectivity index is 1.47. The Labute approximate surface area is 178 Å². The first-order chi connectivity index (χ1) is 15.0. The third-order valence-corrected chi connectivity index (χ3v) is 5.79. The number of carbonyl (C=O) groups excluding carboxylic acids is 2. The Hall–Kier alpha value is -3.55. The second-order valence-electron chi connectivity index (χ2n) is 7.96. The smallest absolute Gasteiger partial charge is 0.290 e. The number of nitrogens with zero attached hydrogens (tertiary/aromatic N) is 1. The summed E-state index contributed by atoms with van der Waals surface area (Å²) in [5, 5.41) is 13.4. The van der Waals surface area contributed by atoms with Gasteiger partial charge >= 0.3 is 0 Å². The molecule has 0 saturated heterocycles. The molecule has 31 heavy (non-hydrogen) atoms. The summed E-state index contributed by atoms with van der Waals surface area (Å²) in [6.45, 7) is 0.635. The SMILES string of the molecule is O=C(NCc1ccc(F)cc1)C1=C(O)C(=O)N(CC2CC2)C1c1cccc2c1OCO2. The molecule has 1 atom stereocenters. The first-order valence-corrected chi connectivity index (χ1v) is 10.2. The Morgan fingerprint density at radius 2 is 1.94 bits per heavy atom. The van der Waals surface area contributed by atoms with Gasteiger partial charge in [0.15, 0.2) is 17.3 Å². The van der Waals surface area contributed by atoms with E-state index in [9.17, 15) is 19.1 Å². The minimum Gasteiger partial charge on any atom is -0.503 e. The number of aliphatic hydroxyl groups is 1. The van der Waals surface area contributed by atoms with Crippen molar-refractivity contribution in [2.75, 3.05) is 13.3 Å². The fourth-order valence-corrected chi connectivity index (χ4v) is 4.02. The molecule has 5 rings (SSSR count). The number of hydrogen-bond acceptors (Lipinski definition) is 5. The van der Waals surface area contributed by atoms with Crippen LogP contribution >= 0.6 is 0 Å². The lowest BCUT2D eigenvalue weighted by atomic mass is 9.97. The van der Waals surface area contributed by atoms with Crippen LogP contribution < -0.4 is 14.8 Å². The maximum atomic E-state index is 13.1. The van der Waals surface area contributed by atoms with E-state index in [-0.39, 0.29) is 24.7 Å². The van der Waals surface area contributed by atoms with Gasteiger partial charge in [0, 0.05) is 18.7 Å². The molecule has 8 heteroatoms. The van der Waals surface area contributed by atoms with Gasteiger partial charge in [0.05, 0.1) is 11.6 Å². The van der Waals surface area contributed by atoms with Gasteiger partial charge in [-0.1, -0.05) is 24.3 Å². The summed E-state index contributed by atoms with van der Waals surface area (Å²) in [4.78, 5) is 27.6. The summed E-state index contributed by atoms with van der Waals surface area (Å²) in [6.07, 6.45) is 2.02. The number of rotatable bonds is 6. The van der Waals surface area contributed by atoms with Crippen LogP contribution in [0.2, 0.25) is 0 Å². The minimum atomic E-state index is -0.780. The zero-order valence-electron chi connectivity index (χ0n) is 16.6. The van der Waals surface area contributed by atoms with Crippen LogP contribution in [0.3, 0.4) is 0 Å². The van der Waals surface area contributed by atoms with Crippen molar-refractivity contribution in [1.82, 2.24) is 10.2 Å². The molecule has 160 valence electrons. The molecule has 2 aromatic rings. The first kappa shape index (κ1) is 19.4. The third kappa shape index (κ3) is 3.58. The summed E-state index contributed by atoms with van der Waals surface area (Å²) >= 11 is 0. The second kappa shape index (κ2) is 7.61. The summed E-state index contributed by atoms with van der Waals surface area (Å²) in [5.74, 6) is -0.690. The molecule has 0 spiro atoms. The van der Waals surface area contributed by atoms with Crippen LogP contribution in [-0.4, -0.2) is 35.2 Å². The highest BCUT2D eigenvalue weighted by Gasteiger charge is 2.47. The predicted molar refractivity (Wildman–Crippen MR) is 108 cm³/mol. The van der Waals surface area contributed by atoms with Crippen LogP contribution in [0.5, 0.6) is 11.5 Å². The van der Waals surface area contributed by atoms with Crippen LogP contribution in [0.15, 0.2) is 53.8 Å². The maximum Gasteiger partial charge on any atom is 0.290 e. The van der Waals surface area contributed by atoms with Gasteiger partial charge in [-0.15, -0.1) is 0 Å². The van der Waals surface area contributed by atoms with Gasteiger partial charge in [-0.25, -0.2) is 4.39 Å². The average Bonchev–Trinajstić information content (AvgIpc) is 3.40. The molecule has 1 saturated carbocycles. The highest BCUT2D eigenvalue weighted by atomic mass is 19.1. The van der Waals surface area contributed by atoms with E-state index in [0.29, 0.717) is 35.1 Å². The summed E-state index contributed by atoms with van der Waals surface area (Å²) in [7, 11) is 0. The van der Waals surface area contributed by atoms with E-state index in [4.69, 9.17) is 9.47 Å². The van der Waals surface area contributed by atoms with Crippen molar-refractivity contribution in [2.45, 2.75) is 25.4 Å². The van der Waals surface area contributed by atoms with E-state index in [1.807, 2.05) is 0 Å². The van der Waals surface area contributed by atoms with Crippen molar-refractivity contribution in [3.8, 4) is 11.5 Å². The van der Waals surface area contributed by atoms with Gasteiger partial charge in [-0.05, 0) is 42.5 Å². The second-order valence-corrected chi connectivity index (χ2v) is 7.96. The number of ether oxygens (including phenoxy) is 2. The minimum absolute atomic E-state index is 0.0170. The molecule has 3 aliphatic rings. The number of benzene rings is 2. The van der Waals surface area contributed by atoms with E-state index in [1.54, 1.807) is 30.3 Å². The van der Waals surface area contributed by atoms with Gasteiger partial charge in [0.25, 0.3) is 11.8 Å². The lowest BCUT2D eigenvalue weighted by Crippen LogP contribution is -2.34. The van der Waals surface area contributed by atoms with Gasteiger partial charge < -0.3 is 24.8 Å². The number of halogens is 1. The number of amides is 2. The Morgan fingerprint density at radius 1 is 1.16 bits per heavy atom. The molecular weight excluding hydrogens is 403 g/mol. The maximum absolute atomic E-state index is 13.1. The van der Waals surface area contributed by atoms with Gasteiger partial charge in [-0.2, -0.15) is 0 Å². The van der Waals surface area contributed by atoms with Crippen LogP contribution in [0.1, 0.15) is 30.0 Å². The zero-order valence-corrected chi connectivity index (χ0v) is 16.6. The number of para-hydroxylation sites is 1. The topological polar surface area (TPSA) is 88.1 Å². The van der Waals surface area contributed by atoms with E-state index in [1.165, 1.54) is 17.0 Å². The number of carbonyl (C=O) groups is 2. The molecule has 0 radical (unpaired) electrons. The molecule has 2 aromatic carbocycles. The van der Waals surface area contributed by atoms with Crippen LogP contribution in [0.25, 0.3) is 0 Å². The molecule has 2 amide bonds. The standard InChI is InChI=1S/C23H21FN2O5/c24-15-8-6-13(7-9-15)10-25-22(28)18-19(16-2-1-3-17-21(16)31-12-30-17)26(11-14-4-5-14)23(29)20(18)27/h1-3,6-9,14,19,27H,4-5,10-12H2,(H,25,28). The molecule has 1 fully saturated rings. The molecule has 0 bridgehead atoms. The lowest BCUT2D eigenvalue weighted by Gasteiger charge is -2.27. The molecule has 1 aliphatic carbocycles. The molecule has 2 heterocycles. The highest BCUT2D eigenvalue weighted by Crippen LogP contribution is 2.47. The number of aliphatic hydroxyl groups excluding tert-OH is 1. The molecule has 7 nitrogen and oxygen atoms in total. The Kier molecular flexibility index (Phi) is 4.77. The third-order valence-electron chi connectivity index (χ3n) is 5.79. The van der Waals surface area contributed by atoms with E-state index < -0.39 is 23.6 Å². The van der Waals surface area contributed by atoms with Gasteiger partial charge in [-0.3, -0.25) is 9.59 Å². The molecule has 1 unspecified atom stereocenters. The monoisotopic (exact) mass is 424 g/mol. The van der Waals surface area contributed by atoms with Crippen LogP contribution in [0.4, 0.5) is 4.39 Å². The lowest BCUT2D eigenvalue weighted by molar-refractivity contribution is -0.129. The van der Waals surface area contributed by atoms with Crippen molar-refractivity contribution in [3.63, 3.8) is 0 Å². The van der Waals surface area contributed by atoms with Crippen molar-refractivity contribution in [1.29, 1.82) is 0 Å². The fraction of sp³-hybridized carbons (Fsp3) is 0.304. The van der Waals surface area contributed by atoms with Crippen LogP contribution in [0, 0.1) is 11.7 Å². The molecule has 0 aromatic heterocycles. The fourth-order valence-electron chi connectivity index (χ4n) is 4.02. The summed E-state index contributed by atoms with van der Waals surface area (Å²) in [6, 6.07) is 10.3. The number of hydrogen-bond donors (Lipinski definition) is 2. The Morgan fingerprint density at radius 3 is 2.68 bits per heavy atom. The first-order valence-electron chi connectivity index (χ1n) is 10.2. The van der Waals surface area contributed by atoms with Gasteiger partial charge in [0.2, 0.25) is 6.79 Å². The molecule has 2 N–H and O–H groups in total. The number of nitrogens with one attached hydrogen (secondary N) is 1.